The van der Waals surface area contributed by atoms with Crippen LogP contribution in [0.2, 0.25) is 0 Å². The summed E-state index contributed by atoms with van der Waals surface area (Å²) in [4.78, 5) is 2.48. The predicted octanol–water partition coefficient (Wildman–Crippen LogP) is 17.0. The molecule has 1 heterocycles. The van der Waals surface area contributed by atoms with Gasteiger partial charge in [0.25, 0.3) is 0 Å². The third-order valence-corrected chi connectivity index (χ3v) is 14.2. The van der Waals surface area contributed by atoms with Crippen LogP contribution in [0.25, 0.3) is 88.0 Å². The van der Waals surface area contributed by atoms with Crippen LogP contribution in [0.5, 0.6) is 0 Å². The van der Waals surface area contributed by atoms with E-state index in [0.29, 0.717) is 0 Å². The second kappa shape index (κ2) is 13.8. The van der Waals surface area contributed by atoms with E-state index in [9.17, 15) is 0 Å². The van der Waals surface area contributed by atoms with E-state index in [1.807, 2.05) is 0 Å². The largest absolute Gasteiger partial charge is 0.455 e. The summed E-state index contributed by atoms with van der Waals surface area (Å²) < 4.78 is 7.10. The predicted molar refractivity (Wildman–Crippen MR) is 271 cm³/mol. The van der Waals surface area contributed by atoms with Gasteiger partial charge in [-0.3, -0.25) is 0 Å². The zero-order valence-corrected chi connectivity index (χ0v) is 35.4. The molecule has 11 aromatic carbocycles. The van der Waals surface area contributed by atoms with Crippen LogP contribution >= 0.6 is 0 Å². The smallest absolute Gasteiger partial charge is 0.143 e. The van der Waals surface area contributed by atoms with Gasteiger partial charge in [0.15, 0.2) is 0 Å². The zero-order valence-electron chi connectivity index (χ0n) is 35.4. The number of fused-ring (bicyclic) bond motifs is 16. The number of rotatable bonds is 5. The molecule has 0 amide bonds. The average Bonchev–Trinajstić information content (AvgIpc) is 4.01. The summed E-state index contributed by atoms with van der Waals surface area (Å²) in [6.07, 6.45) is 0. The second-order valence-corrected chi connectivity index (χ2v) is 17.6. The van der Waals surface area contributed by atoms with Crippen LogP contribution < -0.4 is 4.90 Å². The number of benzene rings is 11. The Morgan fingerprint density at radius 3 is 1.60 bits per heavy atom. The Hall–Kier alpha value is -8.46. The Bertz CT molecular complexity index is 3830. The molecule has 0 saturated carbocycles. The SMILES string of the molecule is c1ccc(-c2ccc(N(c3ccc4c(c3)C3(c5ccccc5-c5ccccc53)c3ccccc3-4)c3cc(-c4ccc5ccccc5c4)cc4oc5c6ccccc6ccc5c34)cc2)cc1. The van der Waals surface area contributed by atoms with Gasteiger partial charge >= 0.3 is 0 Å². The van der Waals surface area contributed by atoms with Gasteiger partial charge < -0.3 is 9.32 Å². The van der Waals surface area contributed by atoms with Gasteiger partial charge in [-0.2, -0.15) is 0 Å². The summed E-state index contributed by atoms with van der Waals surface area (Å²) in [7, 11) is 0. The lowest BCUT2D eigenvalue weighted by molar-refractivity contribution is 0.673. The van der Waals surface area contributed by atoms with Crippen molar-refractivity contribution in [1.29, 1.82) is 0 Å². The van der Waals surface area contributed by atoms with Crippen LogP contribution in [-0.2, 0) is 5.41 Å². The van der Waals surface area contributed by atoms with Crippen molar-refractivity contribution in [3.8, 4) is 44.5 Å². The van der Waals surface area contributed by atoms with Gasteiger partial charge in [0, 0.05) is 22.1 Å². The van der Waals surface area contributed by atoms with E-state index in [1.165, 1.54) is 66.4 Å². The van der Waals surface area contributed by atoms with Crippen molar-refractivity contribution in [2.24, 2.45) is 0 Å². The Morgan fingerprint density at radius 2 is 0.877 bits per heavy atom. The quantitative estimate of drug-likeness (QED) is 0.172. The van der Waals surface area contributed by atoms with Crippen LogP contribution in [0.3, 0.4) is 0 Å². The first-order valence-electron chi connectivity index (χ1n) is 22.5. The fraction of sp³-hybridized carbons (Fsp3) is 0.0159. The van der Waals surface area contributed by atoms with Crippen molar-refractivity contribution in [3.05, 3.63) is 259 Å². The number of hydrogen-bond acceptors (Lipinski definition) is 2. The van der Waals surface area contributed by atoms with Crippen molar-refractivity contribution in [2.45, 2.75) is 5.41 Å². The van der Waals surface area contributed by atoms with Gasteiger partial charge in [0.1, 0.15) is 11.2 Å². The first kappa shape index (κ1) is 36.1. The zero-order chi connectivity index (χ0) is 42.6. The summed E-state index contributed by atoms with van der Waals surface area (Å²) in [6.45, 7) is 0. The van der Waals surface area contributed by atoms with Crippen molar-refractivity contribution >= 4 is 60.5 Å². The van der Waals surface area contributed by atoms with Crippen LogP contribution in [0.4, 0.5) is 17.1 Å². The molecule has 2 nitrogen and oxygen atoms in total. The topological polar surface area (TPSA) is 16.4 Å². The maximum absolute atomic E-state index is 7.10. The molecule has 0 N–H and O–H groups in total. The van der Waals surface area contributed by atoms with Crippen LogP contribution in [-0.4, -0.2) is 0 Å². The minimum Gasteiger partial charge on any atom is -0.455 e. The van der Waals surface area contributed by atoms with Crippen molar-refractivity contribution in [1.82, 2.24) is 0 Å². The summed E-state index contributed by atoms with van der Waals surface area (Å²) in [5.41, 5.74) is 19.5. The Labute approximate surface area is 376 Å². The van der Waals surface area contributed by atoms with E-state index in [1.54, 1.807) is 0 Å². The van der Waals surface area contributed by atoms with Crippen molar-refractivity contribution in [2.75, 3.05) is 4.90 Å². The normalized spacial score (nSPS) is 13.0. The molecule has 0 radical (unpaired) electrons. The van der Waals surface area contributed by atoms with E-state index < -0.39 is 5.41 Å². The maximum atomic E-state index is 7.10. The second-order valence-electron chi connectivity index (χ2n) is 17.6. The Kier molecular flexibility index (Phi) is 7.64. The van der Waals surface area contributed by atoms with Gasteiger partial charge in [-0.25, -0.2) is 0 Å². The van der Waals surface area contributed by atoms with Crippen molar-refractivity contribution in [3.63, 3.8) is 0 Å². The lowest BCUT2D eigenvalue weighted by Crippen LogP contribution is -2.26. The number of nitrogens with zero attached hydrogens (tertiary/aromatic N) is 1. The van der Waals surface area contributed by atoms with E-state index in [0.717, 1.165) is 60.9 Å². The molecule has 0 saturated heterocycles. The Morgan fingerprint density at radius 1 is 0.323 bits per heavy atom. The number of furan rings is 1. The van der Waals surface area contributed by atoms with E-state index >= 15 is 0 Å². The van der Waals surface area contributed by atoms with Crippen LogP contribution in [0.1, 0.15) is 22.3 Å². The third-order valence-electron chi connectivity index (χ3n) is 14.2. The molecule has 14 rings (SSSR count). The molecule has 2 aliphatic rings. The fourth-order valence-corrected chi connectivity index (χ4v) is 11.4. The third kappa shape index (κ3) is 5.17. The maximum Gasteiger partial charge on any atom is 0.143 e. The average molecular weight is 826 g/mol. The molecule has 2 aliphatic carbocycles. The van der Waals surface area contributed by atoms with E-state index in [2.05, 4.69) is 241 Å². The summed E-state index contributed by atoms with van der Waals surface area (Å²) in [5, 5.41) is 6.86. The van der Waals surface area contributed by atoms with Gasteiger partial charge in [-0.15, -0.1) is 0 Å². The molecule has 0 bridgehead atoms. The lowest BCUT2D eigenvalue weighted by Gasteiger charge is -2.32. The molecule has 302 valence electrons. The molecule has 12 aromatic rings. The first-order chi connectivity index (χ1) is 32.2. The highest BCUT2D eigenvalue weighted by molar-refractivity contribution is 6.20. The molecule has 0 fully saturated rings. The van der Waals surface area contributed by atoms with Gasteiger partial charge in [-0.05, 0) is 131 Å². The fourth-order valence-electron chi connectivity index (χ4n) is 11.4. The molecule has 0 unspecified atom stereocenters. The van der Waals surface area contributed by atoms with Crippen LogP contribution in [0, 0.1) is 0 Å². The monoisotopic (exact) mass is 825 g/mol. The number of hydrogen-bond donors (Lipinski definition) is 0. The minimum atomic E-state index is -0.485. The molecule has 0 atom stereocenters. The number of anilines is 3. The van der Waals surface area contributed by atoms with Gasteiger partial charge in [-0.1, -0.05) is 188 Å². The van der Waals surface area contributed by atoms with E-state index in [4.69, 9.17) is 4.42 Å². The van der Waals surface area contributed by atoms with Crippen molar-refractivity contribution < 1.29 is 4.42 Å². The Balaban J connectivity index is 1.08. The molecule has 1 aromatic heterocycles. The summed E-state index contributed by atoms with van der Waals surface area (Å²) >= 11 is 0. The van der Waals surface area contributed by atoms with E-state index in [-0.39, 0.29) is 0 Å². The standard InChI is InChI=1S/C63H39NO/c1-2-14-40(15-3-1)42-28-31-47(32-29-42)64(48-33-35-53-52-22-10-13-25-57(52)63(58(53)39-48)55-23-11-8-20-50(55)51-21-9-12-24-56(51)63)59-37-46(45-27-26-41-16-4-5-18-44(41)36-45)38-60-61(59)54-34-30-43-17-6-7-19-49(43)62(54)65-60/h1-39H. The van der Waals surface area contributed by atoms with Gasteiger partial charge in [0.05, 0.1) is 16.5 Å². The summed E-state index contributed by atoms with van der Waals surface area (Å²) in [6, 6.07) is 87.1. The van der Waals surface area contributed by atoms with Crippen LogP contribution in [0.15, 0.2) is 241 Å². The molecular weight excluding hydrogens is 787 g/mol. The molecule has 65 heavy (non-hydrogen) atoms. The highest BCUT2D eigenvalue weighted by Crippen LogP contribution is 2.63. The highest BCUT2D eigenvalue weighted by Gasteiger charge is 2.51. The van der Waals surface area contributed by atoms with Gasteiger partial charge in [0.2, 0.25) is 0 Å². The highest BCUT2D eigenvalue weighted by atomic mass is 16.3. The minimum absolute atomic E-state index is 0.485. The molecular formula is C63H39NO. The molecule has 0 aliphatic heterocycles. The summed E-state index contributed by atoms with van der Waals surface area (Å²) in [5.74, 6) is 0. The molecule has 1 spiro atoms. The molecule has 2 heteroatoms. The lowest BCUT2D eigenvalue weighted by atomic mass is 9.70. The first-order valence-corrected chi connectivity index (χ1v) is 22.5.